The Bertz CT molecular complexity index is 505. The lowest BCUT2D eigenvalue weighted by molar-refractivity contribution is 0.204. The Labute approximate surface area is 124 Å². The maximum atomic E-state index is 13.2. The van der Waals surface area contributed by atoms with Crippen molar-refractivity contribution in [3.05, 3.63) is 35.1 Å². The highest BCUT2D eigenvalue weighted by Gasteiger charge is 2.25. The van der Waals surface area contributed by atoms with E-state index in [1.54, 1.807) is 6.07 Å². The van der Waals surface area contributed by atoms with Gasteiger partial charge in [0.15, 0.2) is 0 Å². The topological polar surface area (TPSA) is 61.4 Å². The summed E-state index contributed by atoms with van der Waals surface area (Å²) in [6.45, 7) is 4.02. The SMILES string of the molecule is CC(C)CC(CO)NC(=O)NC1CCc2cc(F)ccc21. The number of carbonyl (C=O) groups excluding carboxylic acids is 1. The average Bonchev–Trinajstić information content (AvgIpc) is 2.79. The molecule has 1 aromatic carbocycles. The van der Waals surface area contributed by atoms with E-state index < -0.39 is 0 Å². The molecule has 0 aliphatic heterocycles. The zero-order valence-corrected chi connectivity index (χ0v) is 12.5. The number of fused-ring (bicyclic) bond motifs is 1. The van der Waals surface area contributed by atoms with Gasteiger partial charge in [-0.05, 0) is 48.4 Å². The van der Waals surface area contributed by atoms with Crippen molar-refractivity contribution in [1.82, 2.24) is 10.6 Å². The molecule has 3 N–H and O–H groups in total. The molecule has 0 heterocycles. The standard InChI is InChI=1S/C16H23FN2O2/c1-10(2)7-13(9-20)18-16(21)19-15-6-3-11-8-12(17)4-5-14(11)15/h4-5,8,10,13,15,20H,3,6-7,9H2,1-2H3,(H2,18,19,21). The summed E-state index contributed by atoms with van der Waals surface area (Å²) in [6, 6.07) is 4.09. The number of amides is 2. The lowest BCUT2D eigenvalue weighted by atomic mass is 10.0. The summed E-state index contributed by atoms with van der Waals surface area (Å²) >= 11 is 0. The van der Waals surface area contributed by atoms with Gasteiger partial charge in [0.2, 0.25) is 0 Å². The number of hydrogen-bond acceptors (Lipinski definition) is 2. The largest absolute Gasteiger partial charge is 0.394 e. The quantitative estimate of drug-likeness (QED) is 0.781. The molecule has 4 nitrogen and oxygen atoms in total. The fourth-order valence-electron chi connectivity index (χ4n) is 2.87. The zero-order chi connectivity index (χ0) is 15.4. The first-order valence-corrected chi connectivity index (χ1v) is 7.45. The summed E-state index contributed by atoms with van der Waals surface area (Å²) in [5, 5.41) is 15.0. The molecule has 1 aliphatic carbocycles. The third-order valence-electron chi connectivity index (χ3n) is 3.80. The normalized spacial score (nSPS) is 18.4. The third-order valence-corrected chi connectivity index (χ3v) is 3.80. The fourth-order valence-corrected chi connectivity index (χ4v) is 2.87. The molecule has 116 valence electrons. The molecule has 0 saturated heterocycles. The lowest BCUT2D eigenvalue weighted by Gasteiger charge is -2.21. The highest BCUT2D eigenvalue weighted by atomic mass is 19.1. The van der Waals surface area contributed by atoms with Crippen LogP contribution in [0.2, 0.25) is 0 Å². The Kier molecular flexibility index (Phi) is 5.17. The van der Waals surface area contributed by atoms with Crippen LogP contribution in [0.25, 0.3) is 0 Å². The molecule has 2 unspecified atom stereocenters. The van der Waals surface area contributed by atoms with Gasteiger partial charge in [0.05, 0.1) is 18.7 Å². The van der Waals surface area contributed by atoms with Crippen molar-refractivity contribution in [2.24, 2.45) is 5.92 Å². The lowest BCUT2D eigenvalue weighted by Crippen LogP contribution is -2.45. The molecule has 1 aromatic rings. The first-order chi connectivity index (χ1) is 9.99. The van der Waals surface area contributed by atoms with Crippen molar-refractivity contribution < 1.29 is 14.3 Å². The summed E-state index contributed by atoms with van der Waals surface area (Å²) in [5.74, 6) is 0.161. The van der Waals surface area contributed by atoms with Gasteiger partial charge < -0.3 is 15.7 Å². The van der Waals surface area contributed by atoms with E-state index in [1.807, 2.05) is 13.8 Å². The number of aryl methyl sites for hydroxylation is 1. The van der Waals surface area contributed by atoms with Gasteiger partial charge in [-0.2, -0.15) is 0 Å². The highest BCUT2D eigenvalue weighted by Crippen LogP contribution is 2.31. The summed E-state index contributed by atoms with van der Waals surface area (Å²) < 4.78 is 13.2. The van der Waals surface area contributed by atoms with Gasteiger partial charge in [-0.15, -0.1) is 0 Å². The van der Waals surface area contributed by atoms with Gasteiger partial charge in [0.25, 0.3) is 0 Å². The van der Waals surface area contributed by atoms with Crippen LogP contribution in [-0.2, 0) is 6.42 Å². The van der Waals surface area contributed by atoms with Crippen LogP contribution < -0.4 is 10.6 Å². The van der Waals surface area contributed by atoms with Crippen molar-refractivity contribution in [3.63, 3.8) is 0 Å². The second-order valence-corrected chi connectivity index (χ2v) is 6.06. The number of rotatable bonds is 5. The molecule has 0 fully saturated rings. The second kappa shape index (κ2) is 6.89. The predicted octanol–water partition coefficient (Wildman–Crippen LogP) is 2.52. The summed E-state index contributed by atoms with van der Waals surface area (Å²) in [4.78, 5) is 12.0. The van der Waals surface area contributed by atoms with E-state index in [1.165, 1.54) is 12.1 Å². The van der Waals surface area contributed by atoms with Crippen molar-refractivity contribution in [3.8, 4) is 0 Å². The molecule has 5 heteroatoms. The number of carbonyl (C=O) groups is 1. The molecule has 0 bridgehead atoms. The maximum absolute atomic E-state index is 13.2. The van der Waals surface area contributed by atoms with E-state index in [4.69, 9.17) is 0 Å². The van der Waals surface area contributed by atoms with E-state index in [0.717, 1.165) is 30.4 Å². The van der Waals surface area contributed by atoms with Gasteiger partial charge in [-0.3, -0.25) is 0 Å². The second-order valence-electron chi connectivity index (χ2n) is 6.06. The minimum absolute atomic E-state index is 0.0714. The Morgan fingerprint density at radius 3 is 2.90 bits per heavy atom. The number of benzene rings is 1. The van der Waals surface area contributed by atoms with Gasteiger partial charge in [-0.25, -0.2) is 9.18 Å². The third kappa shape index (κ3) is 4.17. The molecule has 2 atom stereocenters. The van der Waals surface area contributed by atoms with Crippen LogP contribution in [0.15, 0.2) is 18.2 Å². The van der Waals surface area contributed by atoms with Crippen LogP contribution in [0.1, 0.15) is 43.9 Å². The number of halogens is 1. The minimum atomic E-state index is -0.281. The minimum Gasteiger partial charge on any atom is -0.394 e. The van der Waals surface area contributed by atoms with Crippen LogP contribution in [0, 0.1) is 11.7 Å². The van der Waals surface area contributed by atoms with Crippen molar-refractivity contribution in [1.29, 1.82) is 0 Å². The summed E-state index contributed by atoms with van der Waals surface area (Å²) in [7, 11) is 0. The van der Waals surface area contributed by atoms with Gasteiger partial charge >= 0.3 is 6.03 Å². The Morgan fingerprint density at radius 1 is 1.48 bits per heavy atom. The van der Waals surface area contributed by atoms with Crippen molar-refractivity contribution in [2.45, 2.75) is 45.2 Å². The average molecular weight is 294 g/mol. The van der Waals surface area contributed by atoms with E-state index in [0.29, 0.717) is 5.92 Å². The molecule has 21 heavy (non-hydrogen) atoms. The molecule has 1 aliphatic rings. The number of aliphatic hydroxyl groups is 1. The smallest absolute Gasteiger partial charge is 0.315 e. The first-order valence-electron chi connectivity index (χ1n) is 7.45. The molecule has 0 saturated carbocycles. The molecule has 0 radical (unpaired) electrons. The van der Waals surface area contributed by atoms with Crippen molar-refractivity contribution in [2.75, 3.05) is 6.61 Å². The van der Waals surface area contributed by atoms with Crippen LogP contribution in [0.3, 0.4) is 0 Å². The molecule has 0 spiro atoms. The number of urea groups is 1. The fraction of sp³-hybridized carbons (Fsp3) is 0.562. The highest BCUT2D eigenvalue weighted by molar-refractivity contribution is 5.75. The summed E-state index contributed by atoms with van der Waals surface area (Å²) in [5.41, 5.74) is 1.94. The van der Waals surface area contributed by atoms with E-state index in [2.05, 4.69) is 10.6 Å². The maximum Gasteiger partial charge on any atom is 0.315 e. The Hall–Kier alpha value is -1.62. The molecule has 2 amide bonds. The molecular formula is C16H23FN2O2. The number of hydrogen-bond donors (Lipinski definition) is 3. The summed E-state index contributed by atoms with van der Waals surface area (Å²) in [6.07, 6.45) is 2.28. The van der Waals surface area contributed by atoms with Crippen LogP contribution in [0.5, 0.6) is 0 Å². The molecular weight excluding hydrogens is 271 g/mol. The van der Waals surface area contributed by atoms with E-state index in [-0.39, 0.29) is 30.5 Å². The van der Waals surface area contributed by atoms with Gasteiger partial charge in [0, 0.05) is 0 Å². The van der Waals surface area contributed by atoms with E-state index in [9.17, 15) is 14.3 Å². The van der Waals surface area contributed by atoms with Crippen LogP contribution >= 0.6 is 0 Å². The monoisotopic (exact) mass is 294 g/mol. The van der Waals surface area contributed by atoms with Crippen molar-refractivity contribution >= 4 is 6.03 Å². The van der Waals surface area contributed by atoms with Crippen LogP contribution in [-0.4, -0.2) is 23.8 Å². The predicted molar refractivity (Wildman–Crippen MR) is 79.5 cm³/mol. The van der Waals surface area contributed by atoms with Gasteiger partial charge in [-0.1, -0.05) is 19.9 Å². The van der Waals surface area contributed by atoms with E-state index >= 15 is 0 Å². The number of aliphatic hydroxyl groups excluding tert-OH is 1. The Balaban J connectivity index is 1.93. The Morgan fingerprint density at radius 2 is 2.24 bits per heavy atom. The first kappa shape index (κ1) is 15.8. The zero-order valence-electron chi connectivity index (χ0n) is 12.5. The molecule has 0 aromatic heterocycles. The molecule has 2 rings (SSSR count). The van der Waals surface area contributed by atoms with Gasteiger partial charge in [0.1, 0.15) is 5.82 Å². The van der Waals surface area contributed by atoms with Crippen LogP contribution in [0.4, 0.5) is 9.18 Å². The number of nitrogens with one attached hydrogen (secondary N) is 2.